The number of nitriles is 1. The molecule has 4 nitrogen and oxygen atoms in total. The molecule has 0 spiro atoms. The Morgan fingerprint density at radius 1 is 1.11 bits per heavy atom. The molecule has 0 saturated heterocycles. The zero-order valence-electron chi connectivity index (χ0n) is 11.1. The molecule has 0 atom stereocenters. The van der Waals surface area contributed by atoms with Gasteiger partial charge in [-0.15, -0.1) is 0 Å². The van der Waals surface area contributed by atoms with Crippen LogP contribution in [0, 0.1) is 40.9 Å². The van der Waals surface area contributed by atoms with Crippen LogP contribution >= 0.6 is 0 Å². The standard InChI is InChI=1S/C15H19N3O/c16-2-1-14-17-15(19-18-14)8-13-11-4-9-3-10(6-11)7-12(13)5-9/h9-13H,1,3-8H2. The zero-order valence-corrected chi connectivity index (χ0v) is 11.1. The highest BCUT2D eigenvalue weighted by molar-refractivity contribution is 5.02. The molecule has 4 aliphatic rings. The Morgan fingerprint density at radius 2 is 1.79 bits per heavy atom. The molecule has 0 unspecified atom stereocenters. The van der Waals surface area contributed by atoms with E-state index in [2.05, 4.69) is 16.2 Å². The molecule has 1 aromatic rings. The summed E-state index contributed by atoms with van der Waals surface area (Å²) in [5, 5.41) is 12.5. The predicted octanol–water partition coefficient (Wildman–Crippen LogP) is 2.75. The largest absolute Gasteiger partial charge is 0.339 e. The first kappa shape index (κ1) is 11.5. The monoisotopic (exact) mass is 257 g/mol. The Kier molecular flexibility index (Phi) is 2.61. The first-order valence-electron chi connectivity index (χ1n) is 7.50. The molecule has 0 amide bonds. The molecule has 1 heterocycles. The van der Waals surface area contributed by atoms with E-state index in [4.69, 9.17) is 9.78 Å². The molecule has 19 heavy (non-hydrogen) atoms. The van der Waals surface area contributed by atoms with E-state index >= 15 is 0 Å². The molecular formula is C15H19N3O. The van der Waals surface area contributed by atoms with Crippen molar-refractivity contribution in [1.82, 2.24) is 10.1 Å². The summed E-state index contributed by atoms with van der Waals surface area (Å²) in [6, 6.07) is 2.07. The number of rotatable bonds is 3. The minimum Gasteiger partial charge on any atom is -0.339 e. The Bertz CT molecular complexity index is 488. The third-order valence-corrected chi connectivity index (χ3v) is 5.58. The van der Waals surface area contributed by atoms with Crippen molar-refractivity contribution in [2.24, 2.45) is 29.6 Å². The SMILES string of the molecule is N#CCc1noc(CC2C3CC4CC(C3)CC2C4)n1. The van der Waals surface area contributed by atoms with E-state index < -0.39 is 0 Å². The van der Waals surface area contributed by atoms with Gasteiger partial charge in [0.15, 0.2) is 5.82 Å². The predicted molar refractivity (Wildman–Crippen MR) is 67.9 cm³/mol. The lowest BCUT2D eigenvalue weighted by Crippen LogP contribution is -2.45. The molecule has 0 radical (unpaired) electrons. The van der Waals surface area contributed by atoms with Crippen LogP contribution in [0.2, 0.25) is 0 Å². The summed E-state index contributed by atoms with van der Waals surface area (Å²) in [6.07, 6.45) is 8.40. The smallest absolute Gasteiger partial charge is 0.226 e. The van der Waals surface area contributed by atoms with E-state index in [1.54, 1.807) is 0 Å². The van der Waals surface area contributed by atoms with Gasteiger partial charge in [-0.2, -0.15) is 10.2 Å². The van der Waals surface area contributed by atoms with Gasteiger partial charge in [0.25, 0.3) is 0 Å². The van der Waals surface area contributed by atoms with Gasteiger partial charge in [-0.3, -0.25) is 0 Å². The average Bonchev–Trinajstić information content (AvgIpc) is 2.81. The molecule has 4 fully saturated rings. The van der Waals surface area contributed by atoms with Crippen molar-refractivity contribution in [2.45, 2.75) is 44.9 Å². The number of aromatic nitrogens is 2. The lowest BCUT2D eigenvalue weighted by molar-refractivity contribution is -0.0385. The Hall–Kier alpha value is -1.37. The summed E-state index contributed by atoms with van der Waals surface area (Å²) < 4.78 is 5.31. The van der Waals surface area contributed by atoms with Crippen LogP contribution in [0.15, 0.2) is 4.52 Å². The van der Waals surface area contributed by atoms with Crippen LogP contribution in [0.4, 0.5) is 0 Å². The van der Waals surface area contributed by atoms with Crippen LogP contribution in [0.1, 0.15) is 43.8 Å². The molecule has 0 aliphatic heterocycles. The van der Waals surface area contributed by atoms with Crippen molar-refractivity contribution in [2.75, 3.05) is 0 Å². The molecule has 5 rings (SSSR count). The van der Waals surface area contributed by atoms with Gasteiger partial charge >= 0.3 is 0 Å². The summed E-state index contributed by atoms with van der Waals surface area (Å²) in [7, 11) is 0. The maximum atomic E-state index is 8.64. The van der Waals surface area contributed by atoms with Gasteiger partial charge in [-0.25, -0.2) is 0 Å². The second-order valence-corrected chi connectivity index (χ2v) is 6.74. The van der Waals surface area contributed by atoms with Crippen LogP contribution < -0.4 is 0 Å². The fraction of sp³-hybridized carbons (Fsp3) is 0.800. The normalized spacial score (nSPS) is 39.4. The molecule has 0 N–H and O–H groups in total. The van der Waals surface area contributed by atoms with Crippen molar-refractivity contribution >= 4 is 0 Å². The first-order valence-corrected chi connectivity index (χ1v) is 7.50. The molecule has 4 aliphatic carbocycles. The molecule has 4 heteroatoms. The quantitative estimate of drug-likeness (QED) is 0.835. The third kappa shape index (κ3) is 1.96. The van der Waals surface area contributed by atoms with Crippen LogP contribution in [-0.2, 0) is 12.8 Å². The van der Waals surface area contributed by atoms with Crippen LogP contribution in [0.25, 0.3) is 0 Å². The second-order valence-electron chi connectivity index (χ2n) is 6.74. The summed E-state index contributed by atoms with van der Waals surface area (Å²) in [5.41, 5.74) is 0. The van der Waals surface area contributed by atoms with Crippen LogP contribution in [0.5, 0.6) is 0 Å². The van der Waals surface area contributed by atoms with Crippen molar-refractivity contribution in [3.63, 3.8) is 0 Å². The van der Waals surface area contributed by atoms with E-state index in [-0.39, 0.29) is 6.42 Å². The van der Waals surface area contributed by atoms with E-state index in [9.17, 15) is 0 Å². The maximum absolute atomic E-state index is 8.64. The molecule has 4 bridgehead atoms. The molecular weight excluding hydrogens is 238 g/mol. The topological polar surface area (TPSA) is 62.7 Å². The summed E-state index contributed by atoms with van der Waals surface area (Å²) in [4.78, 5) is 4.35. The van der Waals surface area contributed by atoms with Gasteiger partial charge in [-0.1, -0.05) is 5.16 Å². The third-order valence-electron chi connectivity index (χ3n) is 5.58. The lowest BCUT2D eigenvalue weighted by atomic mass is 9.51. The van der Waals surface area contributed by atoms with Gasteiger partial charge in [0.2, 0.25) is 5.89 Å². The van der Waals surface area contributed by atoms with Gasteiger partial charge in [0, 0.05) is 6.42 Å². The first-order chi connectivity index (χ1) is 9.31. The highest BCUT2D eigenvalue weighted by atomic mass is 16.5. The minimum atomic E-state index is 0.255. The van der Waals surface area contributed by atoms with E-state index in [0.717, 1.165) is 41.9 Å². The summed E-state index contributed by atoms with van der Waals surface area (Å²) >= 11 is 0. The van der Waals surface area contributed by atoms with Crippen LogP contribution in [0.3, 0.4) is 0 Å². The Labute approximate surface area is 113 Å². The fourth-order valence-electron chi connectivity index (χ4n) is 5.09. The summed E-state index contributed by atoms with van der Waals surface area (Å²) in [6.45, 7) is 0. The summed E-state index contributed by atoms with van der Waals surface area (Å²) in [5.74, 6) is 5.85. The zero-order chi connectivity index (χ0) is 12.8. The number of nitrogens with zero attached hydrogens (tertiary/aromatic N) is 3. The van der Waals surface area contributed by atoms with Crippen molar-refractivity contribution < 1.29 is 4.52 Å². The fourth-order valence-corrected chi connectivity index (χ4v) is 5.09. The number of hydrogen-bond acceptors (Lipinski definition) is 4. The van der Waals surface area contributed by atoms with Gasteiger partial charge < -0.3 is 4.52 Å². The average molecular weight is 257 g/mol. The van der Waals surface area contributed by atoms with E-state index in [1.165, 1.54) is 32.1 Å². The minimum absolute atomic E-state index is 0.255. The molecule has 4 saturated carbocycles. The van der Waals surface area contributed by atoms with E-state index in [1.807, 2.05) is 0 Å². The van der Waals surface area contributed by atoms with Crippen molar-refractivity contribution in [1.29, 1.82) is 5.26 Å². The maximum Gasteiger partial charge on any atom is 0.226 e. The Morgan fingerprint density at radius 3 is 2.42 bits per heavy atom. The van der Waals surface area contributed by atoms with Gasteiger partial charge in [0.1, 0.15) is 0 Å². The molecule has 0 aromatic carbocycles. The highest BCUT2D eigenvalue weighted by Gasteiger charge is 2.48. The Balaban J connectivity index is 1.49. The van der Waals surface area contributed by atoms with E-state index in [0.29, 0.717) is 5.82 Å². The second kappa shape index (κ2) is 4.33. The van der Waals surface area contributed by atoms with Crippen molar-refractivity contribution in [3.05, 3.63) is 11.7 Å². The van der Waals surface area contributed by atoms with Crippen molar-refractivity contribution in [3.8, 4) is 6.07 Å². The van der Waals surface area contributed by atoms with Crippen LogP contribution in [-0.4, -0.2) is 10.1 Å². The van der Waals surface area contributed by atoms with Gasteiger partial charge in [0.05, 0.1) is 12.5 Å². The number of hydrogen-bond donors (Lipinski definition) is 0. The van der Waals surface area contributed by atoms with Gasteiger partial charge in [-0.05, 0) is 61.7 Å². The molecule has 1 aromatic heterocycles. The highest BCUT2D eigenvalue weighted by Crippen LogP contribution is 2.57. The lowest BCUT2D eigenvalue weighted by Gasteiger charge is -2.54. The molecule has 100 valence electrons.